The molecule has 0 amide bonds. The second kappa shape index (κ2) is 14.0. The minimum absolute atomic E-state index is 0.355. The summed E-state index contributed by atoms with van der Waals surface area (Å²) in [5, 5.41) is 10.2. The fourth-order valence-corrected chi connectivity index (χ4v) is 9.53. The van der Waals surface area contributed by atoms with Gasteiger partial charge < -0.3 is 18.7 Å². The van der Waals surface area contributed by atoms with Crippen molar-refractivity contribution in [1.82, 2.24) is 9.88 Å². The summed E-state index contributed by atoms with van der Waals surface area (Å²) in [6.07, 6.45) is -0.355. The Hall–Kier alpha value is -8.48. The van der Waals surface area contributed by atoms with Crippen LogP contribution in [0.1, 0.15) is 22.9 Å². The van der Waals surface area contributed by atoms with Gasteiger partial charge in [-0.1, -0.05) is 140 Å². The van der Waals surface area contributed by atoms with Crippen LogP contribution >= 0.6 is 0 Å². The van der Waals surface area contributed by atoms with Gasteiger partial charge in [0.15, 0.2) is 5.84 Å². The third-order valence-electron chi connectivity index (χ3n) is 12.5. The van der Waals surface area contributed by atoms with Crippen molar-refractivity contribution in [3.8, 4) is 27.9 Å². The zero-order valence-corrected chi connectivity index (χ0v) is 33.9. The van der Waals surface area contributed by atoms with Crippen molar-refractivity contribution in [1.29, 1.82) is 0 Å². The van der Waals surface area contributed by atoms with Crippen molar-refractivity contribution in [2.75, 3.05) is 0 Å². The number of furan rings is 2. The Morgan fingerprint density at radius 1 is 0.429 bits per heavy atom. The number of hydrogen-bond donors (Lipinski definition) is 1. The van der Waals surface area contributed by atoms with Crippen LogP contribution in [0, 0.1) is 0 Å². The predicted molar refractivity (Wildman–Crippen MR) is 258 cm³/mol. The van der Waals surface area contributed by atoms with E-state index in [-0.39, 0.29) is 6.17 Å². The van der Waals surface area contributed by atoms with Crippen molar-refractivity contribution >= 4 is 77.4 Å². The molecule has 1 aliphatic rings. The fourth-order valence-electron chi connectivity index (χ4n) is 9.53. The maximum Gasteiger partial charge on any atom is 0.160 e. The molecule has 6 heteroatoms. The summed E-state index contributed by atoms with van der Waals surface area (Å²) in [4.78, 5) is 10.5. The molecule has 13 rings (SSSR count). The van der Waals surface area contributed by atoms with Crippen molar-refractivity contribution in [2.45, 2.75) is 6.17 Å². The molecule has 9 aromatic carbocycles. The average molecular weight is 809 g/mol. The van der Waals surface area contributed by atoms with E-state index < -0.39 is 0 Å². The van der Waals surface area contributed by atoms with E-state index in [0.717, 1.165) is 94.3 Å². The zero-order chi connectivity index (χ0) is 41.4. The molecule has 0 saturated heterocycles. The number of aromatic nitrogens is 1. The third-order valence-corrected chi connectivity index (χ3v) is 12.5. The molecular formula is C57H36N4O2. The van der Waals surface area contributed by atoms with Crippen LogP contribution in [0.5, 0.6) is 0 Å². The first kappa shape index (κ1) is 35.3. The molecule has 0 saturated carbocycles. The number of nitrogens with one attached hydrogen (secondary N) is 1. The van der Waals surface area contributed by atoms with E-state index in [1.54, 1.807) is 0 Å². The SMILES string of the molecule is c1ccc(-c2ccc3c(c2)c2cccc(-c4ccc5oc6ccc(C7=NC(c8cccc9oc%10ccccc%10c89)=NC(c8ccccc8)N7)cc6c5c4)c2n3-c2ccccc2)cc1. The van der Waals surface area contributed by atoms with Crippen LogP contribution in [0.4, 0.5) is 0 Å². The first-order chi connectivity index (χ1) is 31.2. The maximum atomic E-state index is 6.53. The average Bonchev–Trinajstić information content (AvgIpc) is 4.03. The van der Waals surface area contributed by atoms with Crippen LogP contribution in [-0.4, -0.2) is 16.2 Å². The van der Waals surface area contributed by atoms with E-state index in [9.17, 15) is 0 Å². The molecule has 0 aliphatic carbocycles. The second-order valence-corrected chi connectivity index (χ2v) is 16.1. The number of nitrogens with zero attached hydrogens (tertiary/aromatic N) is 3. The van der Waals surface area contributed by atoms with Gasteiger partial charge in [-0.2, -0.15) is 0 Å². The number of hydrogen-bond acceptors (Lipinski definition) is 5. The normalized spacial score (nSPS) is 14.2. The molecule has 0 spiro atoms. The van der Waals surface area contributed by atoms with Crippen LogP contribution in [0.15, 0.2) is 225 Å². The summed E-state index contributed by atoms with van der Waals surface area (Å²) in [6, 6.07) is 72.3. The summed E-state index contributed by atoms with van der Waals surface area (Å²) in [7, 11) is 0. The Balaban J connectivity index is 0.973. The predicted octanol–water partition coefficient (Wildman–Crippen LogP) is 14.4. The van der Waals surface area contributed by atoms with E-state index in [0.29, 0.717) is 5.84 Å². The second-order valence-electron chi connectivity index (χ2n) is 16.1. The maximum absolute atomic E-state index is 6.53. The number of para-hydroxylation sites is 3. The molecule has 1 N–H and O–H groups in total. The van der Waals surface area contributed by atoms with Gasteiger partial charge in [-0.25, -0.2) is 9.98 Å². The topological polar surface area (TPSA) is 68.0 Å². The number of fused-ring (bicyclic) bond motifs is 9. The molecular weight excluding hydrogens is 773 g/mol. The van der Waals surface area contributed by atoms with Crippen LogP contribution < -0.4 is 5.32 Å². The van der Waals surface area contributed by atoms with Gasteiger partial charge in [0.1, 0.15) is 34.3 Å². The summed E-state index contributed by atoms with van der Waals surface area (Å²) >= 11 is 0. The monoisotopic (exact) mass is 808 g/mol. The van der Waals surface area contributed by atoms with E-state index >= 15 is 0 Å². The molecule has 4 heterocycles. The summed E-state index contributed by atoms with van der Waals surface area (Å²) in [6.45, 7) is 0. The largest absolute Gasteiger partial charge is 0.456 e. The van der Waals surface area contributed by atoms with Crippen molar-refractivity contribution in [3.63, 3.8) is 0 Å². The Bertz CT molecular complexity index is 3820. The smallest absolute Gasteiger partial charge is 0.160 e. The Labute approximate surface area is 361 Å². The highest BCUT2D eigenvalue weighted by Gasteiger charge is 2.25. The molecule has 1 unspecified atom stereocenters. The Morgan fingerprint density at radius 3 is 1.86 bits per heavy atom. The quantitative estimate of drug-likeness (QED) is 0.182. The summed E-state index contributed by atoms with van der Waals surface area (Å²) in [5.74, 6) is 1.38. The van der Waals surface area contributed by atoms with Gasteiger partial charge in [0.25, 0.3) is 0 Å². The van der Waals surface area contributed by atoms with E-state index in [2.05, 4.69) is 168 Å². The van der Waals surface area contributed by atoms with E-state index in [1.807, 2.05) is 48.5 Å². The molecule has 63 heavy (non-hydrogen) atoms. The van der Waals surface area contributed by atoms with E-state index in [4.69, 9.17) is 18.8 Å². The standard InChI is InChI=1S/C57H36N4O2/c1-4-14-35(15-5-1)37-26-29-48-45(32-37)42-22-12-21-41(54(42)61(48)40-18-8-3-9-19-40)38-27-30-50-46(33-38)47-34-39(28-31-51(47)62-50)56-58-55(36-16-6-2-7-17-36)59-57(60-56)44-23-13-25-52-53(44)43-20-10-11-24-49(43)63-52/h1-34,55H,(H,58,59,60). The molecule has 6 nitrogen and oxygen atoms in total. The van der Waals surface area contributed by atoms with Crippen LogP contribution in [0.3, 0.4) is 0 Å². The van der Waals surface area contributed by atoms with Gasteiger partial charge in [-0.3, -0.25) is 0 Å². The van der Waals surface area contributed by atoms with Crippen molar-refractivity contribution < 1.29 is 8.83 Å². The highest BCUT2D eigenvalue weighted by Crippen LogP contribution is 2.42. The molecule has 0 bridgehead atoms. The van der Waals surface area contributed by atoms with Gasteiger partial charge in [-0.15, -0.1) is 0 Å². The van der Waals surface area contributed by atoms with Gasteiger partial charge in [0, 0.05) is 54.7 Å². The number of benzene rings is 9. The van der Waals surface area contributed by atoms with Crippen LogP contribution in [0.25, 0.3) is 93.6 Å². The van der Waals surface area contributed by atoms with Crippen LogP contribution in [-0.2, 0) is 0 Å². The first-order valence-electron chi connectivity index (χ1n) is 21.3. The lowest BCUT2D eigenvalue weighted by Gasteiger charge is -2.24. The van der Waals surface area contributed by atoms with Gasteiger partial charge in [0.05, 0.1) is 11.0 Å². The highest BCUT2D eigenvalue weighted by molar-refractivity contribution is 6.22. The molecule has 0 radical (unpaired) electrons. The first-order valence-corrected chi connectivity index (χ1v) is 21.3. The fraction of sp³-hybridized carbons (Fsp3) is 0.0175. The lowest BCUT2D eigenvalue weighted by atomic mass is 9.98. The minimum atomic E-state index is -0.355. The molecule has 0 fully saturated rings. The number of aliphatic imine (C=N–C) groups is 2. The lowest BCUT2D eigenvalue weighted by Crippen LogP contribution is -2.33. The van der Waals surface area contributed by atoms with E-state index in [1.165, 1.54) is 21.9 Å². The van der Waals surface area contributed by atoms with Crippen molar-refractivity contribution in [3.05, 3.63) is 223 Å². The summed E-state index contributed by atoms with van der Waals surface area (Å²) in [5.41, 5.74) is 14.3. The summed E-state index contributed by atoms with van der Waals surface area (Å²) < 4.78 is 15.2. The molecule has 12 aromatic rings. The Morgan fingerprint density at radius 2 is 1.03 bits per heavy atom. The zero-order valence-electron chi connectivity index (χ0n) is 33.9. The molecule has 296 valence electrons. The van der Waals surface area contributed by atoms with Gasteiger partial charge in [-0.05, 0) is 89.0 Å². The highest BCUT2D eigenvalue weighted by atomic mass is 16.3. The van der Waals surface area contributed by atoms with Gasteiger partial charge >= 0.3 is 0 Å². The molecule has 3 aromatic heterocycles. The lowest BCUT2D eigenvalue weighted by molar-refractivity contribution is 0.667. The number of amidine groups is 2. The minimum Gasteiger partial charge on any atom is -0.456 e. The third kappa shape index (κ3) is 5.73. The Kier molecular flexibility index (Phi) is 7.87. The van der Waals surface area contributed by atoms with Crippen molar-refractivity contribution in [2.24, 2.45) is 9.98 Å². The molecule has 1 atom stereocenters. The van der Waals surface area contributed by atoms with Crippen LogP contribution in [0.2, 0.25) is 0 Å². The van der Waals surface area contributed by atoms with Gasteiger partial charge in [0.2, 0.25) is 0 Å². The molecule has 1 aliphatic heterocycles. The number of rotatable bonds is 6.